The summed E-state index contributed by atoms with van der Waals surface area (Å²) in [6.45, 7) is 4.00. The molecule has 1 aliphatic rings. The van der Waals surface area contributed by atoms with Crippen molar-refractivity contribution >= 4 is 34.7 Å². The van der Waals surface area contributed by atoms with Gasteiger partial charge in [-0.1, -0.05) is 23.7 Å². The number of aliphatic hydroxyl groups excluding tert-OH is 1. The molecule has 1 unspecified atom stereocenters. The predicted octanol–water partition coefficient (Wildman–Crippen LogP) is 5.96. The van der Waals surface area contributed by atoms with E-state index in [1.54, 1.807) is 43.3 Å². The first kappa shape index (κ1) is 25.2. The molecule has 1 amide bonds. The molecule has 0 saturated carbocycles. The maximum Gasteiger partial charge on any atom is 0.300 e. The van der Waals surface area contributed by atoms with E-state index in [1.165, 1.54) is 13.2 Å². The van der Waals surface area contributed by atoms with Crippen molar-refractivity contribution in [1.29, 1.82) is 0 Å². The molecule has 1 fully saturated rings. The third-order valence-electron chi connectivity index (χ3n) is 5.78. The molecule has 0 bridgehead atoms. The van der Waals surface area contributed by atoms with Crippen LogP contribution in [0.15, 0.2) is 60.2 Å². The van der Waals surface area contributed by atoms with Crippen LogP contribution in [0.4, 0.5) is 14.5 Å². The van der Waals surface area contributed by atoms with E-state index in [0.29, 0.717) is 23.5 Å². The molecule has 3 aromatic carbocycles. The van der Waals surface area contributed by atoms with Gasteiger partial charge in [0.2, 0.25) is 0 Å². The third kappa shape index (κ3) is 4.40. The molecule has 1 atom stereocenters. The number of methoxy groups -OCH3 is 1. The van der Waals surface area contributed by atoms with E-state index in [-0.39, 0.29) is 27.6 Å². The molecule has 9 heteroatoms. The molecule has 6 nitrogen and oxygen atoms in total. The third-order valence-corrected chi connectivity index (χ3v) is 6.06. The number of carbonyl (C=O) groups is 2. The van der Waals surface area contributed by atoms with Gasteiger partial charge in [0.25, 0.3) is 11.7 Å². The summed E-state index contributed by atoms with van der Waals surface area (Å²) in [7, 11) is 1.36. The van der Waals surface area contributed by atoms with E-state index in [1.807, 2.05) is 6.92 Å². The molecule has 36 heavy (non-hydrogen) atoms. The lowest BCUT2D eigenvalue weighted by atomic mass is 9.94. The maximum atomic E-state index is 14.1. The fourth-order valence-electron chi connectivity index (χ4n) is 4.22. The number of rotatable bonds is 6. The summed E-state index contributed by atoms with van der Waals surface area (Å²) in [5, 5.41) is 11.6. The molecule has 186 valence electrons. The molecular weight excluding hydrogens is 492 g/mol. The van der Waals surface area contributed by atoms with Gasteiger partial charge in [0.1, 0.15) is 17.3 Å². The number of hydrogen-bond acceptors (Lipinski definition) is 5. The van der Waals surface area contributed by atoms with Crippen LogP contribution in [0.25, 0.3) is 5.76 Å². The van der Waals surface area contributed by atoms with Crippen LogP contribution in [0, 0.1) is 18.6 Å². The number of carbonyl (C=O) groups excluding carboxylic acids is 2. The fourth-order valence-corrected chi connectivity index (χ4v) is 4.57. The second-order valence-electron chi connectivity index (χ2n) is 8.10. The van der Waals surface area contributed by atoms with Crippen LogP contribution >= 0.6 is 11.6 Å². The highest BCUT2D eigenvalue weighted by Gasteiger charge is 2.47. The van der Waals surface area contributed by atoms with Crippen LogP contribution in [0.2, 0.25) is 5.02 Å². The van der Waals surface area contributed by atoms with Crippen molar-refractivity contribution in [2.24, 2.45) is 0 Å². The molecular formula is C27H22ClF2NO5. The maximum absolute atomic E-state index is 14.1. The van der Waals surface area contributed by atoms with Crippen LogP contribution < -0.4 is 14.4 Å². The molecule has 1 heterocycles. The number of nitrogens with zero attached hydrogens (tertiary/aromatic N) is 1. The smallest absolute Gasteiger partial charge is 0.300 e. The Morgan fingerprint density at radius 3 is 2.36 bits per heavy atom. The highest BCUT2D eigenvalue weighted by Crippen LogP contribution is 2.45. The van der Waals surface area contributed by atoms with Gasteiger partial charge in [-0.2, -0.15) is 0 Å². The number of aryl methyl sites for hydroxylation is 1. The van der Waals surface area contributed by atoms with Gasteiger partial charge in [0.05, 0.1) is 35.9 Å². The summed E-state index contributed by atoms with van der Waals surface area (Å²) < 4.78 is 38.6. The Morgan fingerprint density at radius 1 is 1.06 bits per heavy atom. The van der Waals surface area contributed by atoms with Crippen molar-refractivity contribution in [3.05, 3.63) is 93.5 Å². The lowest BCUT2D eigenvalue weighted by Gasteiger charge is -2.26. The first-order chi connectivity index (χ1) is 17.2. The van der Waals surface area contributed by atoms with Crippen LogP contribution in [-0.4, -0.2) is 30.5 Å². The summed E-state index contributed by atoms with van der Waals surface area (Å²) in [5.41, 5.74) is 0.912. The van der Waals surface area contributed by atoms with Gasteiger partial charge in [-0.05, 0) is 61.4 Å². The molecule has 1 saturated heterocycles. The summed E-state index contributed by atoms with van der Waals surface area (Å²) in [4.78, 5) is 27.5. The van der Waals surface area contributed by atoms with Crippen molar-refractivity contribution < 1.29 is 33.0 Å². The zero-order chi connectivity index (χ0) is 26.1. The number of halogens is 3. The van der Waals surface area contributed by atoms with Gasteiger partial charge < -0.3 is 14.6 Å². The van der Waals surface area contributed by atoms with Gasteiger partial charge in [0, 0.05) is 11.8 Å². The Bertz CT molecular complexity index is 1390. The van der Waals surface area contributed by atoms with Crippen molar-refractivity contribution in [3.8, 4) is 11.5 Å². The van der Waals surface area contributed by atoms with E-state index >= 15 is 0 Å². The normalized spacial score (nSPS) is 16.9. The Balaban J connectivity index is 1.98. The second kappa shape index (κ2) is 9.99. The number of aliphatic hydroxyl groups is 1. The zero-order valence-corrected chi connectivity index (χ0v) is 20.4. The summed E-state index contributed by atoms with van der Waals surface area (Å²) in [5.74, 6) is -4.16. The average Bonchev–Trinajstić information content (AvgIpc) is 3.11. The molecule has 4 rings (SSSR count). The molecule has 1 aliphatic heterocycles. The lowest BCUT2D eigenvalue weighted by Crippen LogP contribution is -2.29. The Labute approximate surface area is 211 Å². The topological polar surface area (TPSA) is 76.1 Å². The van der Waals surface area contributed by atoms with E-state index in [9.17, 15) is 23.5 Å². The Kier molecular flexibility index (Phi) is 6.99. The largest absolute Gasteiger partial charge is 0.507 e. The van der Waals surface area contributed by atoms with Crippen molar-refractivity contribution in [2.75, 3.05) is 18.6 Å². The number of ether oxygens (including phenoxy) is 2. The van der Waals surface area contributed by atoms with Gasteiger partial charge in [-0.25, -0.2) is 8.78 Å². The highest BCUT2D eigenvalue weighted by atomic mass is 35.5. The molecule has 1 N–H and O–H groups in total. The minimum Gasteiger partial charge on any atom is -0.507 e. The van der Waals surface area contributed by atoms with E-state index in [0.717, 1.165) is 17.0 Å². The predicted molar refractivity (Wildman–Crippen MR) is 131 cm³/mol. The van der Waals surface area contributed by atoms with Crippen molar-refractivity contribution in [1.82, 2.24) is 0 Å². The van der Waals surface area contributed by atoms with Gasteiger partial charge in [-0.3, -0.25) is 14.5 Å². The minimum absolute atomic E-state index is 0.0526. The monoisotopic (exact) mass is 513 g/mol. The number of benzene rings is 3. The van der Waals surface area contributed by atoms with Crippen LogP contribution in [0.3, 0.4) is 0 Å². The quantitative estimate of drug-likeness (QED) is 0.250. The van der Waals surface area contributed by atoms with Crippen molar-refractivity contribution in [2.45, 2.75) is 19.9 Å². The van der Waals surface area contributed by atoms with Gasteiger partial charge in [-0.15, -0.1) is 0 Å². The first-order valence-corrected chi connectivity index (χ1v) is 11.4. The summed E-state index contributed by atoms with van der Waals surface area (Å²) >= 11 is 6.30. The number of ketones is 1. The lowest BCUT2D eigenvalue weighted by molar-refractivity contribution is -0.132. The van der Waals surface area contributed by atoms with Crippen LogP contribution in [0.1, 0.15) is 29.7 Å². The zero-order valence-electron chi connectivity index (χ0n) is 19.6. The minimum atomic E-state index is -1.19. The Morgan fingerprint density at radius 2 is 1.75 bits per heavy atom. The first-order valence-electron chi connectivity index (χ1n) is 11.0. The number of anilines is 1. The van der Waals surface area contributed by atoms with E-state index in [4.69, 9.17) is 21.1 Å². The number of Topliss-reactive ketones (excluding diaryl/α,β-unsaturated/α-hetero) is 1. The summed E-state index contributed by atoms with van der Waals surface area (Å²) in [6.07, 6.45) is 0. The molecule has 0 aromatic heterocycles. The molecule has 0 radical (unpaired) electrons. The standard InChI is InChI=1S/C27H22ClF2NO5/c1-4-36-17-8-5-15(6-9-17)23-22(24(32)18-11-14(2)12-19(28)26(18)35-3)25(33)27(34)31(23)16-7-10-20(29)21(30)13-16/h5-13,23,32H,4H2,1-3H3/b24-22+. The second-order valence-corrected chi connectivity index (χ2v) is 8.50. The molecule has 0 aliphatic carbocycles. The SMILES string of the molecule is CCOc1ccc(C2/C(=C(\O)c3cc(C)cc(Cl)c3OC)C(=O)C(=O)N2c2ccc(F)c(F)c2)cc1. The molecule has 3 aromatic rings. The fraction of sp³-hybridized carbons (Fsp3) is 0.185. The Hall–Kier alpha value is -3.91. The van der Waals surface area contributed by atoms with E-state index < -0.39 is 35.1 Å². The van der Waals surface area contributed by atoms with Gasteiger partial charge in [0.15, 0.2) is 11.6 Å². The number of hydrogen-bond donors (Lipinski definition) is 1. The van der Waals surface area contributed by atoms with Crippen LogP contribution in [-0.2, 0) is 9.59 Å². The van der Waals surface area contributed by atoms with Crippen LogP contribution in [0.5, 0.6) is 11.5 Å². The van der Waals surface area contributed by atoms with Crippen molar-refractivity contribution in [3.63, 3.8) is 0 Å². The number of amides is 1. The summed E-state index contributed by atoms with van der Waals surface area (Å²) in [6, 6.07) is 11.5. The highest BCUT2D eigenvalue weighted by molar-refractivity contribution is 6.51. The average molecular weight is 514 g/mol. The van der Waals surface area contributed by atoms with Gasteiger partial charge >= 0.3 is 0 Å². The van der Waals surface area contributed by atoms with E-state index in [2.05, 4.69) is 0 Å². The molecule has 0 spiro atoms.